The second-order valence-corrected chi connectivity index (χ2v) is 8.68. The van der Waals surface area contributed by atoms with E-state index in [0.29, 0.717) is 11.4 Å². The average molecular weight is 367 g/mol. The lowest BCUT2D eigenvalue weighted by atomic mass is 9.95. The number of sulfone groups is 1. The van der Waals surface area contributed by atoms with Crippen LogP contribution in [-0.4, -0.2) is 26.0 Å². The predicted octanol–water partition coefficient (Wildman–Crippen LogP) is 3.87. The molecule has 1 fully saturated rings. The van der Waals surface area contributed by atoms with Crippen molar-refractivity contribution >= 4 is 43.1 Å². The molecule has 1 aromatic rings. The molecule has 19 heavy (non-hydrogen) atoms. The topological polar surface area (TPSA) is 46.2 Å². The quantitative estimate of drug-likeness (QED) is 0.883. The zero-order valence-corrected chi connectivity index (χ0v) is 13.9. The molecular weight excluding hydrogens is 350 g/mol. The Morgan fingerprint density at radius 1 is 1.37 bits per heavy atom. The van der Waals surface area contributed by atoms with E-state index in [1.165, 1.54) is 6.26 Å². The van der Waals surface area contributed by atoms with Gasteiger partial charge in [0.2, 0.25) is 0 Å². The van der Waals surface area contributed by atoms with Gasteiger partial charge in [-0.2, -0.15) is 0 Å². The average Bonchev–Trinajstić information content (AvgIpc) is 2.33. The highest BCUT2D eigenvalue weighted by atomic mass is 79.9. The van der Waals surface area contributed by atoms with Gasteiger partial charge in [-0.1, -0.05) is 18.0 Å². The molecule has 2 unspecified atom stereocenters. The Balaban J connectivity index is 2.04. The largest absolute Gasteiger partial charge is 0.382 e. The van der Waals surface area contributed by atoms with Crippen molar-refractivity contribution in [1.29, 1.82) is 0 Å². The van der Waals surface area contributed by atoms with Crippen LogP contribution in [0.1, 0.15) is 25.7 Å². The third-order valence-electron chi connectivity index (χ3n) is 3.52. The normalized spacial score (nSPS) is 24.2. The molecule has 106 valence electrons. The Bertz CT molecular complexity index is 562. The van der Waals surface area contributed by atoms with E-state index in [2.05, 4.69) is 21.2 Å². The first kappa shape index (κ1) is 15.1. The van der Waals surface area contributed by atoms with E-state index in [1.54, 1.807) is 0 Å². The molecule has 0 spiro atoms. The Labute approximate surface area is 127 Å². The van der Waals surface area contributed by atoms with Crippen LogP contribution in [0, 0.1) is 0 Å². The van der Waals surface area contributed by atoms with Crippen molar-refractivity contribution in [3.8, 4) is 0 Å². The first-order valence-electron chi connectivity index (χ1n) is 6.26. The van der Waals surface area contributed by atoms with Crippen molar-refractivity contribution in [2.75, 3.05) is 11.6 Å². The van der Waals surface area contributed by atoms with Crippen LogP contribution in [0.2, 0.25) is 5.02 Å². The molecule has 1 aliphatic carbocycles. The highest BCUT2D eigenvalue weighted by Crippen LogP contribution is 2.29. The van der Waals surface area contributed by atoms with E-state index >= 15 is 0 Å². The number of halogens is 2. The lowest BCUT2D eigenvalue weighted by Crippen LogP contribution is -2.34. The maximum Gasteiger partial charge on any atom is 0.150 e. The second-order valence-electron chi connectivity index (χ2n) is 5.09. The predicted molar refractivity (Wildman–Crippen MR) is 83.7 cm³/mol. The molecule has 1 saturated carbocycles. The van der Waals surface area contributed by atoms with Crippen LogP contribution in [0.4, 0.5) is 5.69 Å². The van der Waals surface area contributed by atoms with E-state index < -0.39 is 9.84 Å². The minimum atomic E-state index is -2.94. The summed E-state index contributed by atoms with van der Waals surface area (Å²) in [6.45, 7) is 0. The van der Waals surface area contributed by atoms with Crippen molar-refractivity contribution in [2.45, 2.75) is 37.0 Å². The smallest absolute Gasteiger partial charge is 0.150 e. The first-order chi connectivity index (χ1) is 8.86. The van der Waals surface area contributed by atoms with Gasteiger partial charge in [-0.15, -0.1) is 0 Å². The van der Waals surface area contributed by atoms with Gasteiger partial charge in [-0.3, -0.25) is 0 Å². The molecule has 1 aliphatic rings. The van der Waals surface area contributed by atoms with Gasteiger partial charge < -0.3 is 5.32 Å². The van der Waals surface area contributed by atoms with Crippen LogP contribution in [0.15, 0.2) is 22.7 Å². The molecule has 1 aromatic carbocycles. The standard InChI is InChI=1S/C13H17BrClNO2S/c1-19(17,18)11-4-2-3-9(7-11)16-10-5-6-12(14)13(15)8-10/h5-6,8-9,11,16H,2-4,7H2,1H3. The highest BCUT2D eigenvalue weighted by Gasteiger charge is 2.28. The molecule has 0 bridgehead atoms. The summed E-state index contributed by atoms with van der Waals surface area (Å²) in [4.78, 5) is 0. The molecule has 0 amide bonds. The number of benzene rings is 1. The third-order valence-corrected chi connectivity index (χ3v) is 6.39. The van der Waals surface area contributed by atoms with Crippen molar-refractivity contribution < 1.29 is 8.42 Å². The van der Waals surface area contributed by atoms with Gasteiger partial charge in [0.1, 0.15) is 9.84 Å². The van der Waals surface area contributed by atoms with Gasteiger partial charge >= 0.3 is 0 Å². The summed E-state index contributed by atoms with van der Waals surface area (Å²) < 4.78 is 24.1. The summed E-state index contributed by atoms with van der Waals surface area (Å²) >= 11 is 9.40. The van der Waals surface area contributed by atoms with Gasteiger partial charge in [-0.05, 0) is 53.4 Å². The molecular formula is C13H17BrClNO2S. The minimum Gasteiger partial charge on any atom is -0.382 e. The number of hydrogen-bond donors (Lipinski definition) is 1. The molecule has 0 radical (unpaired) electrons. The van der Waals surface area contributed by atoms with E-state index in [-0.39, 0.29) is 11.3 Å². The van der Waals surface area contributed by atoms with Gasteiger partial charge in [0.05, 0.1) is 10.3 Å². The van der Waals surface area contributed by atoms with Crippen LogP contribution in [0.3, 0.4) is 0 Å². The zero-order chi connectivity index (χ0) is 14.0. The fraction of sp³-hybridized carbons (Fsp3) is 0.538. The highest BCUT2D eigenvalue weighted by molar-refractivity contribution is 9.10. The van der Waals surface area contributed by atoms with Crippen molar-refractivity contribution in [3.63, 3.8) is 0 Å². The Morgan fingerprint density at radius 2 is 2.11 bits per heavy atom. The van der Waals surface area contributed by atoms with Crippen LogP contribution >= 0.6 is 27.5 Å². The minimum absolute atomic E-state index is 0.200. The van der Waals surface area contributed by atoms with Gasteiger partial charge in [0.25, 0.3) is 0 Å². The Hall–Kier alpha value is -0.260. The summed E-state index contributed by atoms with van der Waals surface area (Å²) in [5.41, 5.74) is 0.937. The summed E-state index contributed by atoms with van der Waals surface area (Å²) in [6.07, 6.45) is 4.72. The third kappa shape index (κ3) is 4.10. The van der Waals surface area contributed by atoms with Gasteiger partial charge in [0, 0.05) is 22.5 Å². The molecule has 2 rings (SSSR count). The monoisotopic (exact) mass is 365 g/mol. The van der Waals surface area contributed by atoms with Crippen LogP contribution in [0.5, 0.6) is 0 Å². The van der Waals surface area contributed by atoms with Crippen molar-refractivity contribution in [2.24, 2.45) is 0 Å². The molecule has 2 atom stereocenters. The number of hydrogen-bond acceptors (Lipinski definition) is 3. The maximum absolute atomic E-state index is 11.6. The first-order valence-corrected chi connectivity index (χ1v) is 9.39. The molecule has 6 heteroatoms. The molecule has 1 N–H and O–H groups in total. The van der Waals surface area contributed by atoms with E-state index in [1.807, 2.05) is 18.2 Å². The van der Waals surface area contributed by atoms with E-state index in [4.69, 9.17) is 11.6 Å². The molecule has 0 aromatic heterocycles. The van der Waals surface area contributed by atoms with Crippen molar-refractivity contribution in [1.82, 2.24) is 0 Å². The number of rotatable bonds is 3. The fourth-order valence-electron chi connectivity index (χ4n) is 2.49. The van der Waals surface area contributed by atoms with Gasteiger partial charge in [0.15, 0.2) is 0 Å². The second kappa shape index (κ2) is 6.02. The van der Waals surface area contributed by atoms with Crippen LogP contribution in [-0.2, 0) is 9.84 Å². The van der Waals surface area contributed by atoms with Gasteiger partial charge in [-0.25, -0.2) is 8.42 Å². The van der Waals surface area contributed by atoms with E-state index in [0.717, 1.165) is 29.4 Å². The molecule has 0 heterocycles. The fourth-order valence-corrected chi connectivity index (χ4v) is 4.09. The molecule has 3 nitrogen and oxygen atoms in total. The van der Waals surface area contributed by atoms with Crippen molar-refractivity contribution in [3.05, 3.63) is 27.7 Å². The number of anilines is 1. The number of nitrogens with one attached hydrogen (secondary N) is 1. The summed E-state index contributed by atoms with van der Waals surface area (Å²) in [6, 6.07) is 5.89. The summed E-state index contributed by atoms with van der Waals surface area (Å²) in [7, 11) is -2.94. The van der Waals surface area contributed by atoms with E-state index in [9.17, 15) is 8.42 Å². The maximum atomic E-state index is 11.6. The Morgan fingerprint density at radius 3 is 2.74 bits per heavy atom. The van der Waals surface area contributed by atoms with Crippen LogP contribution in [0.25, 0.3) is 0 Å². The molecule has 0 aliphatic heterocycles. The summed E-state index contributed by atoms with van der Waals surface area (Å²) in [5.74, 6) is 0. The van der Waals surface area contributed by atoms with Crippen LogP contribution < -0.4 is 5.32 Å². The lowest BCUT2D eigenvalue weighted by Gasteiger charge is -2.29. The lowest BCUT2D eigenvalue weighted by molar-refractivity contribution is 0.453. The molecule has 0 saturated heterocycles. The SMILES string of the molecule is CS(=O)(=O)C1CCCC(Nc2ccc(Br)c(Cl)c2)C1. The Kier molecular flexibility index (Phi) is 4.79. The summed E-state index contributed by atoms with van der Waals surface area (Å²) in [5, 5.41) is 3.82. The zero-order valence-electron chi connectivity index (χ0n) is 10.7.